The fraction of sp³-hybridized carbons (Fsp3) is 0.296. The highest BCUT2D eigenvalue weighted by Crippen LogP contribution is 2.33. The van der Waals surface area contributed by atoms with Crippen LogP contribution in [0.4, 0.5) is 35.1 Å². The lowest BCUT2D eigenvalue weighted by atomic mass is 10.1. The van der Waals surface area contributed by atoms with E-state index in [1.165, 1.54) is 33.4 Å². The average molecular weight is 591 g/mol. The van der Waals surface area contributed by atoms with E-state index >= 15 is 0 Å². The van der Waals surface area contributed by atoms with Gasteiger partial charge < -0.3 is 14.2 Å². The van der Waals surface area contributed by atoms with Gasteiger partial charge in [-0.2, -0.15) is 26.3 Å². The minimum absolute atomic E-state index is 0. The number of rotatable bonds is 6. The molecule has 0 atom stereocenters. The molecule has 4 aromatic rings. The van der Waals surface area contributed by atoms with E-state index < -0.39 is 35.4 Å². The van der Waals surface area contributed by atoms with Crippen molar-refractivity contribution in [1.29, 1.82) is 0 Å². The van der Waals surface area contributed by atoms with E-state index in [-0.39, 0.29) is 55.5 Å². The SMILES string of the molecule is C.CCn1cc(C(F)(F)F)nc1-c1ccc(C=O)cc1F.CCn1cc(C(F)(F)F)nc1-c1ccc(CO)cc1F. The molecule has 2 aromatic heterocycles. The van der Waals surface area contributed by atoms with Crippen molar-refractivity contribution < 1.29 is 45.0 Å². The molecule has 222 valence electrons. The molecule has 14 heteroatoms. The Morgan fingerprint density at radius 2 is 1.22 bits per heavy atom. The quantitative estimate of drug-likeness (QED) is 0.188. The third-order valence-electron chi connectivity index (χ3n) is 5.64. The summed E-state index contributed by atoms with van der Waals surface area (Å²) in [4.78, 5) is 17.5. The molecule has 2 aromatic carbocycles. The molecule has 0 radical (unpaired) electrons. The summed E-state index contributed by atoms with van der Waals surface area (Å²) in [6, 6.07) is 7.37. The molecule has 2 heterocycles. The Labute approximate surface area is 229 Å². The Balaban J connectivity index is 0.000000280. The first-order valence-corrected chi connectivity index (χ1v) is 11.7. The molecule has 41 heavy (non-hydrogen) atoms. The summed E-state index contributed by atoms with van der Waals surface area (Å²) >= 11 is 0. The van der Waals surface area contributed by atoms with E-state index in [1.807, 2.05) is 0 Å². The Bertz CT molecular complexity index is 1490. The molecule has 0 unspecified atom stereocenters. The highest BCUT2D eigenvalue weighted by atomic mass is 19.4. The van der Waals surface area contributed by atoms with Crippen LogP contribution in [0.3, 0.4) is 0 Å². The maximum absolute atomic E-state index is 13.9. The summed E-state index contributed by atoms with van der Waals surface area (Å²) in [5.74, 6) is -1.70. The number of aliphatic hydroxyl groups excluding tert-OH is 1. The third kappa shape index (κ3) is 7.57. The van der Waals surface area contributed by atoms with Crippen LogP contribution in [0.25, 0.3) is 22.8 Å². The van der Waals surface area contributed by atoms with Gasteiger partial charge in [0.1, 0.15) is 29.6 Å². The zero-order chi connectivity index (χ0) is 29.8. The number of hydrogen-bond acceptors (Lipinski definition) is 4. The van der Waals surface area contributed by atoms with Crippen LogP contribution in [0, 0.1) is 11.6 Å². The van der Waals surface area contributed by atoms with Crippen LogP contribution in [0.5, 0.6) is 0 Å². The molecule has 0 saturated carbocycles. The second kappa shape index (κ2) is 13.1. The molecule has 0 aliphatic heterocycles. The summed E-state index contributed by atoms with van der Waals surface area (Å²) in [5, 5.41) is 8.90. The van der Waals surface area contributed by atoms with Gasteiger partial charge in [0.2, 0.25) is 0 Å². The molecule has 0 saturated heterocycles. The van der Waals surface area contributed by atoms with Crippen molar-refractivity contribution in [3.05, 3.63) is 82.9 Å². The van der Waals surface area contributed by atoms with E-state index in [0.29, 0.717) is 11.8 Å². The van der Waals surface area contributed by atoms with Crippen LogP contribution in [-0.4, -0.2) is 30.5 Å². The highest BCUT2D eigenvalue weighted by molar-refractivity contribution is 5.76. The predicted octanol–water partition coefficient (Wildman–Crippen LogP) is 7.40. The predicted molar refractivity (Wildman–Crippen MR) is 135 cm³/mol. The fourth-order valence-electron chi connectivity index (χ4n) is 3.64. The molecular formula is C27H26F8N4O2. The largest absolute Gasteiger partial charge is 0.434 e. The first-order valence-electron chi connectivity index (χ1n) is 11.7. The van der Waals surface area contributed by atoms with Gasteiger partial charge in [-0.1, -0.05) is 19.6 Å². The smallest absolute Gasteiger partial charge is 0.392 e. The van der Waals surface area contributed by atoms with E-state index in [4.69, 9.17) is 5.11 Å². The number of imidazole rings is 2. The van der Waals surface area contributed by atoms with Gasteiger partial charge >= 0.3 is 12.4 Å². The van der Waals surface area contributed by atoms with Crippen molar-refractivity contribution in [2.75, 3.05) is 0 Å². The van der Waals surface area contributed by atoms with Crippen molar-refractivity contribution in [2.24, 2.45) is 0 Å². The van der Waals surface area contributed by atoms with E-state index in [2.05, 4.69) is 9.97 Å². The lowest BCUT2D eigenvalue weighted by Crippen LogP contribution is -2.05. The van der Waals surface area contributed by atoms with Crippen molar-refractivity contribution in [3.63, 3.8) is 0 Å². The summed E-state index contributed by atoms with van der Waals surface area (Å²) in [6.07, 6.45) is -7.01. The maximum Gasteiger partial charge on any atom is 0.434 e. The minimum atomic E-state index is -4.59. The Morgan fingerprint density at radius 1 is 0.780 bits per heavy atom. The molecule has 0 amide bonds. The van der Waals surface area contributed by atoms with Crippen molar-refractivity contribution in [3.8, 4) is 22.8 Å². The van der Waals surface area contributed by atoms with Gasteiger partial charge in [-0.05, 0) is 43.7 Å². The first-order chi connectivity index (χ1) is 18.7. The van der Waals surface area contributed by atoms with Gasteiger partial charge in [0.15, 0.2) is 11.4 Å². The van der Waals surface area contributed by atoms with Crippen LogP contribution in [0.2, 0.25) is 0 Å². The fourth-order valence-corrected chi connectivity index (χ4v) is 3.64. The molecule has 0 bridgehead atoms. The molecule has 0 aliphatic rings. The van der Waals surface area contributed by atoms with Crippen LogP contribution in [0.1, 0.15) is 48.6 Å². The first kappa shape index (κ1) is 33.1. The monoisotopic (exact) mass is 590 g/mol. The minimum Gasteiger partial charge on any atom is -0.392 e. The van der Waals surface area contributed by atoms with Crippen LogP contribution >= 0.6 is 0 Å². The number of nitrogens with zero attached hydrogens (tertiary/aromatic N) is 4. The van der Waals surface area contributed by atoms with E-state index in [9.17, 15) is 39.9 Å². The topological polar surface area (TPSA) is 72.9 Å². The number of aldehydes is 1. The normalized spacial score (nSPS) is 11.5. The Hall–Kier alpha value is -4.07. The van der Waals surface area contributed by atoms with Crippen LogP contribution in [0.15, 0.2) is 48.8 Å². The number of hydrogen-bond donors (Lipinski definition) is 1. The van der Waals surface area contributed by atoms with E-state index in [1.54, 1.807) is 13.8 Å². The molecule has 0 aliphatic carbocycles. The molecule has 0 fully saturated rings. The Kier molecular flexibility index (Phi) is 10.6. The van der Waals surface area contributed by atoms with Crippen molar-refractivity contribution >= 4 is 6.29 Å². The molecule has 6 nitrogen and oxygen atoms in total. The van der Waals surface area contributed by atoms with Gasteiger partial charge in [-0.3, -0.25) is 4.79 Å². The lowest BCUT2D eigenvalue weighted by molar-refractivity contribution is -0.141. The highest BCUT2D eigenvalue weighted by Gasteiger charge is 2.36. The van der Waals surface area contributed by atoms with Gasteiger partial charge in [-0.25, -0.2) is 18.7 Å². The average Bonchev–Trinajstić information content (AvgIpc) is 3.53. The second-order valence-corrected chi connectivity index (χ2v) is 8.30. The molecule has 1 N–H and O–H groups in total. The van der Waals surface area contributed by atoms with Gasteiger partial charge in [-0.15, -0.1) is 0 Å². The summed E-state index contributed by atoms with van der Waals surface area (Å²) in [7, 11) is 0. The molecule has 4 rings (SSSR count). The van der Waals surface area contributed by atoms with Crippen LogP contribution in [-0.2, 0) is 32.0 Å². The number of halogens is 8. The standard InChI is InChI=1S/C13H12F4N2O.C13H10F4N2O.CH4/c2*1-2-19-6-11(13(15,16)17)18-12(19)9-4-3-8(7-20)5-10(9)14;/h3-6,20H,2,7H2,1H3;3-7H,2H2,1H3;1H4. The number of aliphatic hydroxyl groups is 1. The van der Waals surface area contributed by atoms with Crippen molar-refractivity contribution in [1.82, 2.24) is 19.1 Å². The zero-order valence-corrected chi connectivity index (χ0v) is 21.0. The number of aryl methyl sites for hydroxylation is 2. The number of carbonyl (C=O) groups is 1. The maximum atomic E-state index is 13.9. The Morgan fingerprint density at radius 3 is 1.56 bits per heavy atom. The number of alkyl halides is 6. The van der Waals surface area contributed by atoms with Crippen molar-refractivity contribution in [2.45, 2.75) is 53.3 Å². The number of carbonyl (C=O) groups excluding carboxylic acids is 1. The number of benzene rings is 2. The zero-order valence-electron chi connectivity index (χ0n) is 21.0. The third-order valence-corrected chi connectivity index (χ3v) is 5.64. The second-order valence-electron chi connectivity index (χ2n) is 8.30. The van der Waals surface area contributed by atoms with E-state index in [0.717, 1.165) is 24.5 Å². The van der Waals surface area contributed by atoms with Gasteiger partial charge in [0.25, 0.3) is 0 Å². The molecular weight excluding hydrogens is 564 g/mol. The summed E-state index contributed by atoms with van der Waals surface area (Å²) in [5.41, 5.74) is -1.78. The number of aromatic nitrogens is 4. The summed E-state index contributed by atoms with van der Waals surface area (Å²) < 4.78 is 106. The molecule has 0 spiro atoms. The summed E-state index contributed by atoms with van der Waals surface area (Å²) in [6.45, 7) is 3.38. The van der Waals surface area contributed by atoms with Crippen LogP contribution < -0.4 is 0 Å². The lowest BCUT2D eigenvalue weighted by Gasteiger charge is -2.06. The van der Waals surface area contributed by atoms with Gasteiger partial charge in [0.05, 0.1) is 17.7 Å². The van der Waals surface area contributed by atoms with Gasteiger partial charge in [0, 0.05) is 31.0 Å².